The Hall–Kier alpha value is -2.00. The van der Waals surface area contributed by atoms with Gasteiger partial charge < -0.3 is 11.1 Å². The van der Waals surface area contributed by atoms with E-state index in [0.29, 0.717) is 11.8 Å². The van der Waals surface area contributed by atoms with Crippen LogP contribution in [0, 0.1) is 0 Å². The monoisotopic (exact) mass is 301 g/mol. The van der Waals surface area contributed by atoms with E-state index in [9.17, 15) is 0 Å². The van der Waals surface area contributed by atoms with Gasteiger partial charge in [-0.25, -0.2) is 4.99 Å². The first-order valence-electron chi connectivity index (χ1n) is 7.07. The molecule has 0 aromatic heterocycles. The summed E-state index contributed by atoms with van der Waals surface area (Å²) in [5.41, 5.74) is 10.2. The Labute approximate surface area is 130 Å². The maximum Gasteiger partial charge on any atom is 0.198 e. The molecule has 0 saturated heterocycles. The van der Waals surface area contributed by atoms with E-state index in [2.05, 4.69) is 29.4 Å². The molecule has 0 heterocycles. The SMILES string of the molecule is CCc1cccc(NC(N)=Nc2ccccc2CCCl)c1. The summed E-state index contributed by atoms with van der Waals surface area (Å²) in [5, 5.41) is 3.13. The number of nitrogens with zero attached hydrogens (tertiary/aromatic N) is 1. The molecule has 0 bridgehead atoms. The number of guanidine groups is 1. The van der Waals surface area contributed by atoms with Gasteiger partial charge in [0.2, 0.25) is 0 Å². The molecule has 0 aliphatic carbocycles. The largest absolute Gasteiger partial charge is 0.369 e. The molecule has 0 radical (unpaired) electrons. The second-order valence-corrected chi connectivity index (χ2v) is 5.12. The zero-order valence-electron chi connectivity index (χ0n) is 12.1. The topological polar surface area (TPSA) is 50.4 Å². The maximum absolute atomic E-state index is 6.00. The van der Waals surface area contributed by atoms with Gasteiger partial charge in [0.1, 0.15) is 0 Å². The highest BCUT2D eigenvalue weighted by atomic mass is 35.5. The van der Waals surface area contributed by atoms with Crippen LogP contribution in [0.2, 0.25) is 0 Å². The molecule has 21 heavy (non-hydrogen) atoms. The molecule has 2 aromatic carbocycles. The third kappa shape index (κ3) is 4.50. The van der Waals surface area contributed by atoms with Gasteiger partial charge in [-0.15, -0.1) is 11.6 Å². The molecule has 0 saturated carbocycles. The summed E-state index contributed by atoms with van der Waals surface area (Å²) >= 11 is 5.81. The average molecular weight is 302 g/mol. The van der Waals surface area contributed by atoms with Crippen LogP contribution in [0.5, 0.6) is 0 Å². The third-order valence-electron chi connectivity index (χ3n) is 3.20. The quantitative estimate of drug-likeness (QED) is 0.496. The van der Waals surface area contributed by atoms with E-state index in [1.54, 1.807) is 0 Å². The number of aliphatic imine (C=N–C) groups is 1. The summed E-state index contributed by atoms with van der Waals surface area (Å²) in [6, 6.07) is 16.0. The molecule has 4 heteroatoms. The molecular formula is C17H20ClN3. The van der Waals surface area contributed by atoms with Crippen LogP contribution in [0.1, 0.15) is 18.1 Å². The molecule has 3 N–H and O–H groups in total. The summed E-state index contributed by atoms with van der Waals surface area (Å²) in [5.74, 6) is 0.948. The Morgan fingerprint density at radius 2 is 2.00 bits per heavy atom. The minimum Gasteiger partial charge on any atom is -0.369 e. The maximum atomic E-state index is 6.00. The summed E-state index contributed by atoms with van der Waals surface area (Å²) in [4.78, 5) is 4.45. The van der Waals surface area contributed by atoms with Gasteiger partial charge in [-0.1, -0.05) is 37.3 Å². The predicted octanol–water partition coefficient (Wildman–Crippen LogP) is 4.09. The van der Waals surface area contributed by atoms with Gasteiger partial charge in [0.05, 0.1) is 5.69 Å². The number of anilines is 1. The second-order valence-electron chi connectivity index (χ2n) is 4.74. The number of aryl methyl sites for hydroxylation is 2. The van der Waals surface area contributed by atoms with Crippen LogP contribution in [0.15, 0.2) is 53.5 Å². The second kappa shape index (κ2) is 7.70. The Morgan fingerprint density at radius 1 is 1.19 bits per heavy atom. The molecule has 2 aromatic rings. The van der Waals surface area contributed by atoms with Crippen molar-refractivity contribution in [1.82, 2.24) is 0 Å². The van der Waals surface area contributed by atoms with Gasteiger partial charge in [-0.2, -0.15) is 0 Å². The molecular weight excluding hydrogens is 282 g/mol. The zero-order chi connectivity index (χ0) is 15.1. The van der Waals surface area contributed by atoms with Crippen molar-refractivity contribution < 1.29 is 0 Å². The number of nitrogens with one attached hydrogen (secondary N) is 1. The average Bonchev–Trinajstić information content (AvgIpc) is 2.49. The molecule has 0 fully saturated rings. The highest BCUT2D eigenvalue weighted by Crippen LogP contribution is 2.20. The summed E-state index contributed by atoms with van der Waals surface area (Å²) in [6.45, 7) is 2.12. The van der Waals surface area contributed by atoms with Crippen molar-refractivity contribution >= 4 is 28.9 Å². The number of halogens is 1. The predicted molar refractivity (Wildman–Crippen MR) is 91.6 cm³/mol. The van der Waals surface area contributed by atoms with Crippen LogP contribution in [-0.4, -0.2) is 11.8 Å². The molecule has 3 nitrogen and oxygen atoms in total. The summed E-state index contributed by atoms with van der Waals surface area (Å²) < 4.78 is 0. The van der Waals surface area contributed by atoms with Gasteiger partial charge in [0.15, 0.2) is 5.96 Å². The lowest BCUT2D eigenvalue weighted by Gasteiger charge is -2.08. The zero-order valence-corrected chi connectivity index (χ0v) is 12.9. The van der Waals surface area contributed by atoms with Crippen LogP contribution in [0.25, 0.3) is 0 Å². The first-order valence-corrected chi connectivity index (χ1v) is 7.60. The van der Waals surface area contributed by atoms with Gasteiger partial charge in [-0.3, -0.25) is 0 Å². The first kappa shape index (κ1) is 15.4. The van der Waals surface area contributed by atoms with Crippen molar-refractivity contribution in [3.05, 3.63) is 59.7 Å². The Bertz CT molecular complexity index is 623. The summed E-state index contributed by atoms with van der Waals surface area (Å²) in [6.07, 6.45) is 1.77. The smallest absolute Gasteiger partial charge is 0.198 e. The van der Waals surface area contributed by atoms with E-state index in [-0.39, 0.29) is 0 Å². The van der Waals surface area contributed by atoms with Crippen LogP contribution < -0.4 is 11.1 Å². The highest BCUT2D eigenvalue weighted by molar-refractivity contribution is 6.18. The number of hydrogen-bond donors (Lipinski definition) is 2. The number of hydrogen-bond acceptors (Lipinski definition) is 1. The van der Waals surface area contributed by atoms with Gasteiger partial charge in [0.25, 0.3) is 0 Å². The molecule has 0 amide bonds. The van der Waals surface area contributed by atoms with E-state index in [0.717, 1.165) is 29.8 Å². The standard InChI is InChI=1S/C17H20ClN3/c1-2-13-6-5-8-15(12-13)20-17(19)21-16-9-4-3-7-14(16)10-11-18/h3-9,12H,2,10-11H2,1H3,(H3,19,20,21). The van der Waals surface area contributed by atoms with E-state index in [4.69, 9.17) is 17.3 Å². The van der Waals surface area contributed by atoms with Crippen molar-refractivity contribution in [2.45, 2.75) is 19.8 Å². The van der Waals surface area contributed by atoms with Crippen LogP contribution in [0.3, 0.4) is 0 Å². The molecule has 110 valence electrons. The Balaban J connectivity index is 2.17. The lowest BCUT2D eigenvalue weighted by atomic mass is 10.1. The van der Waals surface area contributed by atoms with Gasteiger partial charge >= 0.3 is 0 Å². The van der Waals surface area contributed by atoms with Gasteiger partial charge in [-0.05, 0) is 42.2 Å². The van der Waals surface area contributed by atoms with Crippen molar-refractivity contribution in [2.75, 3.05) is 11.2 Å². The van der Waals surface area contributed by atoms with Gasteiger partial charge in [0, 0.05) is 11.6 Å². The fourth-order valence-electron chi connectivity index (χ4n) is 2.11. The Morgan fingerprint density at radius 3 is 2.76 bits per heavy atom. The molecule has 0 atom stereocenters. The minimum absolute atomic E-state index is 0.380. The number of nitrogens with two attached hydrogens (primary N) is 1. The minimum atomic E-state index is 0.380. The lowest BCUT2D eigenvalue weighted by Crippen LogP contribution is -2.22. The van der Waals surface area contributed by atoms with Crippen LogP contribution in [-0.2, 0) is 12.8 Å². The number of benzene rings is 2. The third-order valence-corrected chi connectivity index (χ3v) is 3.39. The van der Waals surface area contributed by atoms with Crippen LogP contribution >= 0.6 is 11.6 Å². The van der Waals surface area contributed by atoms with E-state index < -0.39 is 0 Å². The van der Waals surface area contributed by atoms with Crippen molar-refractivity contribution in [2.24, 2.45) is 10.7 Å². The molecule has 0 aliphatic rings. The highest BCUT2D eigenvalue weighted by Gasteiger charge is 2.02. The van der Waals surface area contributed by atoms with E-state index in [1.807, 2.05) is 36.4 Å². The number of alkyl halides is 1. The lowest BCUT2D eigenvalue weighted by molar-refractivity contribution is 1.14. The van der Waals surface area contributed by atoms with E-state index >= 15 is 0 Å². The summed E-state index contributed by atoms with van der Waals surface area (Å²) in [7, 11) is 0. The molecule has 0 aliphatic heterocycles. The molecule has 2 rings (SSSR count). The molecule has 0 unspecified atom stereocenters. The number of rotatable bonds is 5. The fourth-order valence-corrected chi connectivity index (χ4v) is 2.31. The molecule has 0 spiro atoms. The van der Waals surface area contributed by atoms with Crippen LogP contribution in [0.4, 0.5) is 11.4 Å². The fraction of sp³-hybridized carbons (Fsp3) is 0.235. The van der Waals surface area contributed by atoms with E-state index in [1.165, 1.54) is 5.56 Å². The van der Waals surface area contributed by atoms with Crippen molar-refractivity contribution in [1.29, 1.82) is 0 Å². The number of para-hydroxylation sites is 1. The normalized spacial score (nSPS) is 11.4. The Kier molecular flexibility index (Phi) is 5.64. The van der Waals surface area contributed by atoms with Crippen molar-refractivity contribution in [3.8, 4) is 0 Å². The van der Waals surface area contributed by atoms with Crippen molar-refractivity contribution in [3.63, 3.8) is 0 Å². The first-order chi connectivity index (χ1) is 10.2.